The molecule has 98 valence electrons. The van der Waals surface area contributed by atoms with E-state index in [1.54, 1.807) is 6.92 Å². The smallest absolute Gasteiger partial charge is 0.330 e. The minimum Gasteiger partial charge on any atom is -0.387 e. The fourth-order valence-electron chi connectivity index (χ4n) is 2.48. The lowest BCUT2D eigenvalue weighted by Crippen LogP contribution is -2.41. The maximum absolute atomic E-state index is 11.7. The SMILES string of the molecule is [2H]C(C)[C@]12CO[C@H]([C@H](n3ccc(=O)[nH]c3=O)O1)[C@H]2O. The number of aliphatic hydroxyl groups excluding tert-OH is 1. The van der Waals surface area contributed by atoms with Crippen molar-refractivity contribution in [2.45, 2.75) is 37.4 Å². The van der Waals surface area contributed by atoms with Gasteiger partial charge < -0.3 is 14.6 Å². The highest BCUT2D eigenvalue weighted by molar-refractivity contribution is 5.06. The first kappa shape index (κ1) is 10.5. The largest absolute Gasteiger partial charge is 0.387 e. The van der Waals surface area contributed by atoms with Gasteiger partial charge in [-0.2, -0.15) is 0 Å². The normalized spacial score (nSPS) is 40.8. The highest BCUT2D eigenvalue weighted by Crippen LogP contribution is 2.45. The Kier molecular flexibility index (Phi) is 2.20. The molecule has 3 rings (SSSR count). The highest BCUT2D eigenvalue weighted by Gasteiger charge is 2.60. The molecule has 1 aromatic heterocycles. The van der Waals surface area contributed by atoms with Gasteiger partial charge in [-0.05, 0) is 6.40 Å². The third-order valence-corrected chi connectivity index (χ3v) is 3.55. The van der Waals surface area contributed by atoms with Crippen molar-refractivity contribution < 1.29 is 16.0 Å². The van der Waals surface area contributed by atoms with Crippen molar-refractivity contribution in [1.82, 2.24) is 9.55 Å². The summed E-state index contributed by atoms with van der Waals surface area (Å²) in [6.45, 7) is 1.73. The van der Waals surface area contributed by atoms with Crippen molar-refractivity contribution in [2.75, 3.05) is 6.61 Å². The summed E-state index contributed by atoms with van der Waals surface area (Å²) in [5.41, 5.74) is -2.26. The fraction of sp³-hybridized carbons (Fsp3) is 0.636. The first-order valence-electron chi connectivity index (χ1n) is 6.24. The van der Waals surface area contributed by atoms with Crippen molar-refractivity contribution >= 4 is 0 Å². The molecule has 0 spiro atoms. The van der Waals surface area contributed by atoms with Gasteiger partial charge in [0.05, 0.1) is 6.61 Å². The van der Waals surface area contributed by atoms with Gasteiger partial charge in [0.15, 0.2) is 6.23 Å². The molecule has 3 heterocycles. The molecule has 2 fully saturated rings. The molecule has 0 aliphatic carbocycles. The summed E-state index contributed by atoms with van der Waals surface area (Å²) in [5.74, 6) is 0. The van der Waals surface area contributed by atoms with E-state index in [1.165, 1.54) is 16.8 Å². The van der Waals surface area contributed by atoms with Crippen LogP contribution < -0.4 is 11.2 Å². The number of aliphatic hydroxyl groups is 1. The van der Waals surface area contributed by atoms with Crippen molar-refractivity contribution in [3.63, 3.8) is 0 Å². The van der Waals surface area contributed by atoms with Gasteiger partial charge in [-0.3, -0.25) is 14.3 Å². The van der Waals surface area contributed by atoms with E-state index in [0.717, 1.165) is 0 Å². The second-order valence-corrected chi connectivity index (χ2v) is 4.49. The number of H-pyrrole nitrogens is 1. The van der Waals surface area contributed by atoms with Crippen LogP contribution in [-0.4, -0.2) is 39.1 Å². The second kappa shape index (κ2) is 3.78. The van der Waals surface area contributed by atoms with Crippen molar-refractivity contribution in [1.29, 1.82) is 0 Å². The van der Waals surface area contributed by atoms with Crippen LogP contribution in [0.15, 0.2) is 21.9 Å². The van der Waals surface area contributed by atoms with Crippen LogP contribution in [-0.2, 0) is 9.47 Å². The third-order valence-electron chi connectivity index (χ3n) is 3.55. The van der Waals surface area contributed by atoms with Gasteiger partial charge in [0.2, 0.25) is 0 Å². The number of ether oxygens (including phenoxy) is 2. The van der Waals surface area contributed by atoms with Crippen LogP contribution in [0.5, 0.6) is 0 Å². The molecule has 2 aliphatic rings. The summed E-state index contributed by atoms with van der Waals surface area (Å²) in [6, 6.07) is 1.19. The van der Waals surface area contributed by atoms with Crippen LogP contribution in [0.4, 0.5) is 0 Å². The summed E-state index contributed by atoms with van der Waals surface area (Å²) in [4.78, 5) is 24.9. The van der Waals surface area contributed by atoms with Gasteiger partial charge in [-0.15, -0.1) is 0 Å². The monoisotopic (exact) mass is 255 g/mol. The summed E-state index contributed by atoms with van der Waals surface area (Å²) >= 11 is 0. The number of nitrogens with one attached hydrogen (secondary N) is 1. The van der Waals surface area contributed by atoms with Crippen LogP contribution in [0.1, 0.15) is 20.9 Å². The quantitative estimate of drug-likeness (QED) is 0.705. The number of hydrogen-bond acceptors (Lipinski definition) is 5. The lowest BCUT2D eigenvalue weighted by atomic mass is 9.96. The molecule has 2 N–H and O–H groups in total. The molecule has 2 saturated heterocycles. The van der Waals surface area contributed by atoms with Crippen LogP contribution >= 0.6 is 0 Å². The number of hydrogen-bond donors (Lipinski definition) is 2. The molecule has 1 aromatic rings. The van der Waals surface area contributed by atoms with Crippen LogP contribution in [0.2, 0.25) is 0 Å². The van der Waals surface area contributed by atoms with Gasteiger partial charge in [0.25, 0.3) is 5.56 Å². The molecule has 2 aliphatic heterocycles. The maximum atomic E-state index is 11.7. The predicted octanol–water partition coefficient (Wildman–Crippen LogP) is -1.03. The Morgan fingerprint density at radius 2 is 2.50 bits per heavy atom. The molecule has 18 heavy (non-hydrogen) atoms. The van der Waals surface area contributed by atoms with Crippen LogP contribution in [0.3, 0.4) is 0 Å². The van der Waals surface area contributed by atoms with Gasteiger partial charge >= 0.3 is 5.69 Å². The number of rotatable bonds is 2. The molecule has 0 saturated carbocycles. The van der Waals surface area contributed by atoms with E-state index >= 15 is 0 Å². The number of fused-ring (bicyclic) bond motifs is 2. The Bertz CT molecular complexity index is 612. The Morgan fingerprint density at radius 3 is 3.11 bits per heavy atom. The Balaban J connectivity index is 2.01. The number of aromatic nitrogens is 2. The van der Waals surface area contributed by atoms with Crippen LogP contribution in [0.25, 0.3) is 0 Å². The fourth-order valence-corrected chi connectivity index (χ4v) is 2.48. The van der Waals surface area contributed by atoms with E-state index in [1.807, 2.05) is 0 Å². The van der Waals surface area contributed by atoms with Gasteiger partial charge in [0, 0.05) is 13.6 Å². The van der Waals surface area contributed by atoms with E-state index in [0.29, 0.717) is 0 Å². The van der Waals surface area contributed by atoms with E-state index in [4.69, 9.17) is 10.8 Å². The topological polar surface area (TPSA) is 93.6 Å². The lowest BCUT2D eigenvalue weighted by Gasteiger charge is -2.30. The van der Waals surface area contributed by atoms with Gasteiger partial charge in [-0.1, -0.05) is 6.92 Å². The molecule has 0 amide bonds. The Hall–Kier alpha value is -1.44. The molecule has 2 bridgehead atoms. The molecule has 7 heteroatoms. The van der Waals surface area contributed by atoms with E-state index in [9.17, 15) is 14.7 Å². The molecular weight excluding hydrogens is 240 g/mol. The zero-order valence-electron chi connectivity index (χ0n) is 10.7. The summed E-state index contributed by atoms with van der Waals surface area (Å²) in [6.07, 6.45) is -1.91. The zero-order valence-corrected chi connectivity index (χ0v) is 9.70. The average molecular weight is 255 g/mol. The molecule has 7 nitrogen and oxygen atoms in total. The number of aromatic amines is 1. The highest BCUT2D eigenvalue weighted by atomic mass is 16.6. The summed E-state index contributed by atoms with van der Waals surface area (Å²) < 4.78 is 20.1. The van der Waals surface area contributed by atoms with E-state index in [2.05, 4.69) is 4.98 Å². The average Bonchev–Trinajstić information content (AvgIpc) is 2.81. The number of nitrogens with zero attached hydrogens (tertiary/aromatic N) is 1. The molecule has 0 radical (unpaired) electrons. The molecule has 0 aromatic carbocycles. The van der Waals surface area contributed by atoms with Crippen molar-refractivity contribution in [2.24, 2.45) is 0 Å². The Morgan fingerprint density at radius 1 is 1.72 bits per heavy atom. The van der Waals surface area contributed by atoms with Gasteiger partial charge in [-0.25, -0.2) is 4.79 Å². The maximum Gasteiger partial charge on any atom is 0.330 e. The van der Waals surface area contributed by atoms with Crippen molar-refractivity contribution in [3.8, 4) is 0 Å². The second-order valence-electron chi connectivity index (χ2n) is 4.49. The summed E-state index contributed by atoms with van der Waals surface area (Å²) in [7, 11) is 0. The molecule has 1 unspecified atom stereocenters. The first-order valence-corrected chi connectivity index (χ1v) is 5.67. The van der Waals surface area contributed by atoms with E-state index in [-0.39, 0.29) is 6.61 Å². The van der Waals surface area contributed by atoms with Crippen LogP contribution in [0, 0.1) is 0 Å². The molecular formula is C11H14N2O5. The standard InChI is InChI=1S/C11H14N2O5/c1-2-11-5-17-7(8(11)15)9(18-11)13-4-3-6(14)12-10(13)16/h3-4,7-9,15H,2,5H2,1H3,(H,12,14,16)/t7-,8+,9+,11+/m0/s1/i2D/t2?,7-,8+,9+,11+. The zero-order chi connectivity index (χ0) is 13.8. The first-order chi connectivity index (χ1) is 8.95. The third kappa shape index (κ3) is 1.41. The Labute approximate surface area is 103 Å². The van der Waals surface area contributed by atoms with Crippen molar-refractivity contribution in [3.05, 3.63) is 33.1 Å². The minimum absolute atomic E-state index is 0.123. The summed E-state index contributed by atoms with van der Waals surface area (Å²) in [5, 5.41) is 10.2. The minimum atomic E-state index is -1.12. The van der Waals surface area contributed by atoms with Gasteiger partial charge in [0.1, 0.15) is 17.8 Å². The van der Waals surface area contributed by atoms with E-state index < -0.39 is 41.7 Å². The predicted molar refractivity (Wildman–Crippen MR) is 60.2 cm³/mol. The lowest BCUT2D eigenvalue weighted by molar-refractivity contribution is -0.175. The molecule has 5 atom stereocenters.